The van der Waals surface area contributed by atoms with Gasteiger partial charge in [0.2, 0.25) is 0 Å². The van der Waals surface area contributed by atoms with Crippen molar-refractivity contribution in [3.63, 3.8) is 0 Å². The van der Waals surface area contributed by atoms with Crippen LogP contribution in [0.2, 0.25) is 0 Å². The van der Waals surface area contributed by atoms with Crippen LogP contribution in [0, 0.1) is 0 Å². The summed E-state index contributed by atoms with van der Waals surface area (Å²) in [6, 6.07) is -2.04. The molecule has 29 heavy (non-hydrogen) atoms. The molecule has 3 aliphatic rings. The fourth-order valence-corrected chi connectivity index (χ4v) is 4.29. The van der Waals surface area contributed by atoms with E-state index in [-0.39, 0.29) is 25.2 Å². The van der Waals surface area contributed by atoms with E-state index < -0.39 is 34.4 Å². The van der Waals surface area contributed by atoms with Crippen LogP contribution in [0.1, 0.15) is 25.3 Å². The number of hydrogen-bond donors (Lipinski definition) is 3. The third kappa shape index (κ3) is 4.32. The number of aromatic nitrogens is 3. The van der Waals surface area contributed by atoms with Crippen LogP contribution in [0.5, 0.6) is 0 Å². The molecule has 3 amide bonds. The fraction of sp³-hybridized carbons (Fsp3) is 0.714. The van der Waals surface area contributed by atoms with Gasteiger partial charge in [0.15, 0.2) is 0 Å². The molecule has 3 saturated heterocycles. The van der Waals surface area contributed by atoms with Crippen LogP contribution < -0.4 is 10.8 Å². The molecule has 4 heterocycles. The van der Waals surface area contributed by atoms with Gasteiger partial charge in [0.05, 0.1) is 31.1 Å². The lowest BCUT2D eigenvalue weighted by molar-refractivity contribution is -0.139. The van der Waals surface area contributed by atoms with Crippen molar-refractivity contribution in [3.8, 4) is 0 Å². The molecule has 4 atom stereocenters. The van der Waals surface area contributed by atoms with Crippen LogP contribution >= 0.6 is 0 Å². The van der Waals surface area contributed by atoms with Gasteiger partial charge in [-0.1, -0.05) is 0 Å². The maximum atomic E-state index is 12.4. The number of fused-ring (bicyclic) bond motifs is 2. The summed E-state index contributed by atoms with van der Waals surface area (Å²) < 4.78 is 35.0. The van der Waals surface area contributed by atoms with Crippen molar-refractivity contribution in [1.82, 2.24) is 35.8 Å². The second kappa shape index (κ2) is 7.83. The van der Waals surface area contributed by atoms with Crippen LogP contribution in [0.3, 0.4) is 0 Å². The highest BCUT2D eigenvalue weighted by Crippen LogP contribution is 2.30. The van der Waals surface area contributed by atoms with Crippen molar-refractivity contribution < 1.29 is 31.7 Å². The Balaban J connectivity index is 1.25. The largest absolute Gasteiger partial charge is 0.418 e. The van der Waals surface area contributed by atoms with Gasteiger partial charge < -0.3 is 10.2 Å². The normalized spacial score (nSPS) is 29.5. The minimum atomic E-state index is -4.83. The number of amides is 3. The zero-order valence-electron chi connectivity index (χ0n) is 15.2. The van der Waals surface area contributed by atoms with E-state index in [2.05, 4.69) is 25.3 Å². The van der Waals surface area contributed by atoms with Gasteiger partial charge in [0.25, 0.3) is 5.91 Å². The quantitative estimate of drug-likeness (QED) is 0.332. The summed E-state index contributed by atoms with van der Waals surface area (Å²) in [5.74, 6) is -0.506. The Bertz CT molecular complexity index is 864. The summed E-state index contributed by atoms with van der Waals surface area (Å²) in [6.45, 7) is 1.03. The van der Waals surface area contributed by atoms with Gasteiger partial charge in [-0.3, -0.25) is 14.2 Å². The number of urea groups is 1. The van der Waals surface area contributed by atoms with Crippen molar-refractivity contribution in [2.75, 3.05) is 19.7 Å². The topological polar surface area (TPSA) is 168 Å². The molecule has 2 unspecified atom stereocenters. The van der Waals surface area contributed by atoms with Crippen LogP contribution in [0.15, 0.2) is 12.4 Å². The van der Waals surface area contributed by atoms with Crippen LogP contribution in [-0.2, 0) is 24.3 Å². The smallest absolute Gasteiger partial charge is 0.309 e. The summed E-state index contributed by atoms with van der Waals surface area (Å²) in [4.78, 5) is 32.9. The molecule has 1 aromatic heterocycles. The highest BCUT2D eigenvalue weighted by atomic mass is 32.3. The minimum absolute atomic E-state index is 0.00843. The van der Waals surface area contributed by atoms with Gasteiger partial charge in [-0.15, -0.1) is 4.28 Å². The molecular formula is C14H21N7O7S. The molecule has 160 valence electrons. The molecule has 3 aliphatic heterocycles. The molecule has 0 spiro atoms. The van der Waals surface area contributed by atoms with Crippen molar-refractivity contribution in [3.05, 3.63) is 12.4 Å². The average Bonchev–Trinajstić information content (AvgIpc) is 3.39. The Morgan fingerprint density at radius 3 is 2.79 bits per heavy atom. The first-order chi connectivity index (χ1) is 13.8. The summed E-state index contributed by atoms with van der Waals surface area (Å²) >= 11 is 0. The lowest BCUT2D eigenvalue weighted by atomic mass is 10.0. The van der Waals surface area contributed by atoms with E-state index in [4.69, 9.17) is 9.39 Å². The molecule has 0 saturated carbocycles. The Morgan fingerprint density at radius 1 is 1.31 bits per heavy atom. The van der Waals surface area contributed by atoms with E-state index >= 15 is 0 Å². The molecule has 14 nitrogen and oxygen atoms in total. The van der Waals surface area contributed by atoms with E-state index in [0.717, 1.165) is 6.42 Å². The number of nitrogens with zero attached hydrogens (tertiary/aromatic N) is 5. The molecular weight excluding hydrogens is 410 g/mol. The highest BCUT2D eigenvalue weighted by Gasteiger charge is 2.49. The number of carbonyl (C=O) groups excluding carboxylic acids is 2. The number of carbonyl (C=O) groups is 2. The molecule has 3 N–H and O–H groups in total. The number of rotatable bonds is 7. The SMILES string of the molecule is O=C(NOC[C@@H]1C[C@H](n2nccn2)CN1)C1CCC2CN1C(=O)N2OS(=O)(=O)O. The summed E-state index contributed by atoms with van der Waals surface area (Å²) in [5.41, 5.74) is 2.36. The second-order valence-electron chi connectivity index (χ2n) is 7.13. The number of nitrogens with one attached hydrogen (secondary N) is 2. The molecule has 1 aromatic rings. The molecule has 2 bridgehead atoms. The molecule has 3 fully saturated rings. The van der Waals surface area contributed by atoms with Crippen LogP contribution in [0.4, 0.5) is 4.79 Å². The minimum Gasteiger partial charge on any atom is -0.309 e. The molecule has 15 heteroatoms. The van der Waals surface area contributed by atoms with E-state index in [1.54, 1.807) is 17.2 Å². The Labute approximate surface area is 166 Å². The van der Waals surface area contributed by atoms with Crippen molar-refractivity contribution in [2.24, 2.45) is 0 Å². The molecule has 0 aliphatic carbocycles. The first kappa shape index (κ1) is 20.0. The van der Waals surface area contributed by atoms with Gasteiger partial charge in [-0.2, -0.15) is 28.5 Å². The fourth-order valence-electron chi connectivity index (χ4n) is 3.90. The van der Waals surface area contributed by atoms with Crippen molar-refractivity contribution >= 4 is 22.3 Å². The van der Waals surface area contributed by atoms with Gasteiger partial charge in [0, 0.05) is 19.1 Å². The summed E-state index contributed by atoms with van der Waals surface area (Å²) in [5, 5.41) is 12.1. The van der Waals surface area contributed by atoms with Gasteiger partial charge in [-0.25, -0.2) is 10.3 Å². The first-order valence-corrected chi connectivity index (χ1v) is 10.5. The summed E-state index contributed by atoms with van der Waals surface area (Å²) in [7, 11) is -4.83. The maximum Gasteiger partial charge on any atom is 0.418 e. The summed E-state index contributed by atoms with van der Waals surface area (Å²) in [6.07, 6.45) is 4.62. The monoisotopic (exact) mass is 431 g/mol. The van der Waals surface area contributed by atoms with Crippen LogP contribution in [-0.4, -0.2) is 87.7 Å². The van der Waals surface area contributed by atoms with Crippen molar-refractivity contribution in [1.29, 1.82) is 0 Å². The van der Waals surface area contributed by atoms with Gasteiger partial charge in [-0.05, 0) is 19.3 Å². The zero-order chi connectivity index (χ0) is 20.6. The highest BCUT2D eigenvalue weighted by molar-refractivity contribution is 7.80. The Hall–Kier alpha value is -2.33. The average molecular weight is 431 g/mol. The first-order valence-electron chi connectivity index (χ1n) is 9.09. The maximum absolute atomic E-state index is 12.4. The van der Waals surface area contributed by atoms with Crippen LogP contribution in [0.25, 0.3) is 0 Å². The lowest BCUT2D eigenvalue weighted by Gasteiger charge is -2.29. The second-order valence-corrected chi connectivity index (χ2v) is 8.14. The predicted octanol–water partition coefficient (Wildman–Crippen LogP) is -1.77. The van der Waals surface area contributed by atoms with E-state index in [1.165, 1.54) is 4.90 Å². The third-order valence-electron chi connectivity index (χ3n) is 5.22. The Morgan fingerprint density at radius 2 is 2.07 bits per heavy atom. The predicted molar refractivity (Wildman–Crippen MR) is 92.9 cm³/mol. The van der Waals surface area contributed by atoms with Crippen molar-refractivity contribution in [2.45, 2.75) is 43.4 Å². The van der Waals surface area contributed by atoms with E-state index in [1.807, 2.05) is 0 Å². The number of piperidine rings is 1. The molecule has 0 radical (unpaired) electrons. The van der Waals surface area contributed by atoms with E-state index in [0.29, 0.717) is 24.4 Å². The molecule has 4 rings (SSSR count). The van der Waals surface area contributed by atoms with Gasteiger partial charge in [0.1, 0.15) is 6.04 Å². The molecule has 0 aromatic carbocycles. The Kier molecular flexibility index (Phi) is 5.39. The standard InChI is InChI=1S/C14H21N7O7S/c22-13(18-27-8-9-5-11(6-15-9)21-16-3-4-17-21)12-2-1-10-7-19(12)14(23)20(10)28-29(24,25)26/h3-4,9-12,15H,1-2,5-8H2,(H,18,22)(H,24,25,26)/t9-,10?,11-,12?/m0/s1. The third-order valence-corrected chi connectivity index (χ3v) is 5.57. The van der Waals surface area contributed by atoms with E-state index in [9.17, 15) is 18.0 Å². The van der Waals surface area contributed by atoms with Gasteiger partial charge >= 0.3 is 16.4 Å². The zero-order valence-corrected chi connectivity index (χ0v) is 16.1. The number of hydrogen-bond acceptors (Lipinski definition) is 9. The lowest BCUT2D eigenvalue weighted by Crippen LogP contribution is -2.50. The number of hydroxylamine groups is 3.